The fourth-order valence-corrected chi connectivity index (χ4v) is 1.22. The summed E-state index contributed by atoms with van der Waals surface area (Å²) in [6.07, 6.45) is 1.42. The highest BCUT2D eigenvalue weighted by Gasteiger charge is 2.02. The zero-order valence-corrected chi connectivity index (χ0v) is 7.62. The van der Waals surface area contributed by atoms with E-state index in [1.165, 1.54) is 10.9 Å². The van der Waals surface area contributed by atoms with Crippen LogP contribution in [0.1, 0.15) is 0 Å². The number of aromatic nitrogens is 3. The van der Waals surface area contributed by atoms with Crippen LogP contribution in [0.25, 0.3) is 11.0 Å². The molecule has 5 heteroatoms. The number of aryl methyl sites for hydroxylation is 1. The van der Waals surface area contributed by atoms with Gasteiger partial charge in [0.1, 0.15) is 5.15 Å². The molecule has 0 saturated carbocycles. The fourth-order valence-electron chi connectivity index (χ4n) is 1.07. The quantitative estimate of drug-likeness (QED) is 0.589. The summed E-state index contributed by atoms with van der Waals surface area (Å²) in [5.41, 5.74) is 0.268. The maximum absolute atomic E-state index is 11.5. The molecule has 2 rings (SSSR count). The molecule has 0 radical (unpaired) electrons. The maximum atomic E-state index is 11.5. The zero-order valence-electron chi connectivity index (χ0n) is 6.86. The zero-order chi connectivity index (χ0) is 9.42. The maximum Gasteiger partial charge on any atom is 0.262 e. The van der Waals surface area contributed by atoms with Crippen molar-refractivity contribution in [1.29, 1.82) is 0 Å². The molecule has 4 nitrogen and oxygen atoms in total. The van der Waals surface area contributed by atoms with Crippen LogP contribution in [-0.2, 0) is 7.05 Å². The molecule has 0 aromatic carbocycles. The number of hydrogen-bond acceptors (Lipinski definition) is 3. The van der Waals surface area contributed by atoms with Crippen molar-refractivity contribution in [2.75, 3.05) is 0 Å². The van der Waals surface area contributed by atoms with Crippen LogP contribution in [0.4, 0.5) is 0 Å². The lowest BCUT2D eigenvalue weighted by Gasteiger charge is -1.98. The van der Waals surface area contributed by atoms with E-state index in [1.54, 1.807) is 19.2 Å². The molecule has 13 heavy (non-hydrogen) atoms. The largest absolute Gasteiger partial charge is 0.302 e. The Morgan fingerprint density at radius 3 is 3.00 bits per heavy atom. The van der Waals surface area contributed by atoms with Gasteiger partial charge in [0.2, 0.25) is 0 Å². The van der Waals surface area contributed by atoms with Gasteiger partial charge in [-0.3, -0.25) is 4.79 Å². The first-order chi connectivity index (χ1) is 6.18. The third-order valence-corrected chi connectivity index (χ3v) is 1.96. The van der Waals surface area contributed by atoms with Crippen LogP contribution in [0.15, 0.2) is 23.3 Å². The minimum absolute atomic E-state index is 0.117. The first-order valence-electron chi connectivity index (χ1n) is 3.66. The molecule has 2 heterocycles. The molecule has 0 aliphatic heterocycles. The average molecular weight is 196 g/mol. The molecule has 0 amide bonds. The predicted molar refractivity (Wildman–Crippen MR) is 49.8 cm³/mol. The van der Waals surface area contributed by atoms with Gasteiger partial charge in [0.25, 0.3) is 5.56 Å². The number of nitrogens with zero attached hydrogens (tertiary/aromatic N) is 3. The van der Waals surface area contributed by atoms with Crippen molar-refractivity contribution in [1.82, 2.24) is 14.5 Å². The Bertz CT molecular complexity index is 520. The smallest absolute Gasteiger partial charge is 0.262 e. The van der Waals surface area contributed by atoms with E-state index in [0.29, 0.717) is 16.2 Å². The first-order valence-corrected chi connectivity index (χ1v) is 4.04. The summed E-state index contributed by atoms with van der Waals surface area (Å²) in [7, 11) is 1.64. The number of hydrogen-bond donors (Lipinski definition) is 0. The molecule has 0 unspecified atom stereocenters. The normalized spacial score (nSPS) is 10.6. The second-order valence-electron chi connectivity index (χ2n) is 2.67. The van der Waals surface area contributed by atoms with Crippen LogP contribution in [0, 0.1) is 0 Å². The van der Waals surface area contributed by atoms with E-state index < -0.39 is 0 Å². The van der Waals surface area contributed by atoms with E-state index in [0.717, 1.165) is 0 Å². The Hall–Kier alpha value is -1.42. The highest BCUT2D eigenvalue weighted by molar-refractivity contribution is 6.29. The van der Waals surface area contributed by atoms with Crippen molar-refractivity contribution in [3.8, 4) is 0 Å². The number of fused-ring (bicyclic) bond motifs is 1. The molecule has 66 valence electrons. The Balaban J connectivity index is 2.95. The minimum atomic E-state index is -0.117. The highest BCUT2D eigenvalue weighted by Crippen LogP contribution is 2.08. The highest BCUT2D eigenvalue weighted by atomic mass is 35.5. The lowest BCUT2D eigenvalue weighted by atomic mass is 10.3. The average Bonchev–Trinajstić information content (AvgIpc) is 2.12. The van der Waals surface area contributed by atoms with Gasteiger partial charge in [0.15, 0.2) is 5.65 Å². The van der Waals surface area contributed by atoms with Gasteiger partial charge in [-0.2, -0.15) is 0 Å². The van der Waals surface area contributed by atoms with E-state index in [1.807, 2.05) is 0 Å². The molecule has 2 aromatic rings. The van der Waals surface area contributed by atoms with E-state index in [9.17, 15) is 4.79 Å². The lowest BCUT2D eigenvalue weighted by molar-refractivity contribution is 0.840. The lowest BCUT2D eigenvalue weighted by Crippen LogP contribution is -2.17. The van der Waals surface area contributed by atoms with Crippen LogP contribution in [0.5, 0.6) is 0 Å². The van der Waals surface area contributed by atoms with E-state index in [2.05, 4.69) is 9.97 Å². The summed E-state index contributed by atoms with van der Waals surface area (Å²) in [6.45, 7) is 0. The predicted octanol–water partition coefficient (Wildman–Crippen LogP) is 0.982. The molecular weight excluding hydrogens is 190 g/mol. The van der Waals surface area contributed by atoms with Crippen LogP contribution < -0.4 is 5.56 Å². The van der Waals surface area contributed by atoms with Crippen molar-refractivity contribution in [2.24, 2.45) is 7.05 Å². The van der Waals surface area contributed by atoms with Gasteiger partial charge in [0, 0.05) is 7.05 Å². The molecule has 2 aromatic heterocycles. The molecule has 0 fully saturated rings. The molecule has 0 N–H and O–H groups in total. The van der Waals surface area contributed by atoms with Crippen molar-refractivity contribution < 1.29 is 0 Å². The fraction of sp³-hybridized carbons (Fsp3) is 0.125. The monoisotopic (exact) mass is 195 g/mol. The van der Waals surface area contributed by atoms with Gasteiger partial charge < -0.3 is 4.57 Å². The van der Waals surface area contributed by atoms with Gasteiger partial charge in [-0.05, 0) is 12.1 Å². The van der Waals surface area contributed by atoms with Gasteiger partial charge in [-0.1, -0.05) is 11.6 Å². The first kappa shape index (κ1) is 8.19. The van der Waals surface area contributed by atoms with Crippen molar-refractivity contribution in [2.45, 2.75) is 0 Å². The molecular formula is C8H6ClN3O. The van der Waals surface area contributed by atoms with Gasteiger partial charge in [-0.15, -0.1) is 0 Å². The molecule has 0 spiro atoms. The third kappa shape index (κ3) is 1.29. The number of pyridine rings is 1. The summed E-state index contributed by atoms with van der Waals surface area (Å²) in [4.78, 5) is 19.4. The van der Waals surface area contributed by atoms with Crippen LogP contribution in [0.2, 0.25) is 5.15 Å². The van der Waals surface area contributed by atoms with Gasteiger partial charge >= 0.3 is 0 Å². The van der Waals surface area contributed by atoms with Gasteiger partial charge in [0.05, 0.1) is 11.7 Å². The molecule has 0 aliphatic carbocycles. The Kier molecular flexibility index (Phi) is 1.77. The number of rotatable bonds is 0. The summed E-state index contributed by atoms with van der Waals surface area (Å²) in [6, 6.07) is 3.20. The van der Waals surface area contributed by atoms with Crippen molar-refractivity contribution >= 4 is 22.6 Å². The molecule has 0 aliphatic rings. The van der Waals surface area contributed by atoms with Crippen molar-refractivity contribution in [3.63, 3.8) is 0 Å². The molecule has 0 atom stereocenters. The summed E-state index contributed by atoms with van der Waals surface area (Å²) < 4.78 is 1.40. The van der Waals surface area contributed by atoms with Crippen molar-refractivity contribution in [3.05, 3.63) is 34.0 Å². The Labute approximate surface area is 78.8 Å². The van der Waals surface area contributed by atoms with Crippen LogP contribution >= 0.6 is 11.6 Å². The second kappa shape index (κ2) is 2.81. The SMILES string of the molecule is Cn1cnc2nc(Cl)ccc2c1=O. The number of halogens is 1. The standard InChI is InChI=1S/C8H6ClN3O/c1-12-4-10-7-5(8(12)13)2-3-6(9)11-7/h2-4H,1H3. The minimum Gasteiger partial charge on any atom is -0.302 e. The van der Waals surface area contributed by atoms with E-state index >= 15 is 0 Å². The summed E-state index contributed by atoms with van der Waals surface area (Å²) in [5, 5.41) is 0.822. The molecule has 0 saturated heterocycles. The van der Waals surface area contributed by atoms with Crippen LogP contribution in [-0.4, -0.2) is 14.5 Å². The van der Waals surface area contributed by atoms with Gasteiger partial charge in [-0.25, -0.2) is 9.97 Å². The van der Waals surface area contributed by atoms with E-state index in [4.69, 9.17) is 11.6 Å². The third-order valence-electron chi connectivity index (χ3n) is 1.75. The van der Waals surface area contributed by atoms with E-state index in [-0.39, 0.29) is 5.56 Å². The Morgan fingerprint density at radius 2 is 2.23 bits per heavy atom. The Morgan fingerprint density at radius 1 is 1.46 bits per heavy atom. The summed E-state index contributed by atoms with van der Waals surface area (Å²) >= 11 is 5.65. The summed E-state index contributed by atoms with van der Waals surface area (Å²) in [5.74, 6) is 0. The molecule has 0 bridgehead atoms. The topological polar surface area (TPSA) is 47.8 Å². The van der Waals surface area contributed by atoms with Crippen LogP contribution in [0.3, 0.4) is 0 Å². The second-order valence-corrected chi connectivity index (χ2v) is 3.05.